The minimum Gasteiger partial charge on any atom is -0.323 e. The molecule has 78 valence electrons. The summed E-state index contributed by atoms with van der Waals surface area (Å²) >= 11 is 5.95. The first kappa shape index (κ1) is 11.5. The Labute approximate surface area is 89.1 Å². The third-order valence-corrected chi connectivity index (χ3v) is 2.57. The smallest absolute Gasteiger partial charge is 0.123 e. The number of nitrogens with two attached hydrogens (primary N) is 1. The Morgan fingerprint density at radius 3 is 2.43 bits per heavy atom. The molecular formula is C11H15ClFN. The summed E-state index contributed by atoms with van der Waals surface area (Å²) in [5.74, 6) is -0.302. The van der Waals surface area contributed by atoms with Gasteiger partial charge < -0.3 is 5.73 Å². The normalized spacial score (nSPS) is 14.1. The summed E-state index contributed by atoms with van der Waals surface area (Å²) in [5, 5.41) is 0.522. The molecule has 1 rings (SSSR count). The van der Waals surface area contributed by atoms with Crippen LogP contribution < -0.4 is 5.73 Å². The van der Waals surface area contributed by atoms with E-state index in [0.29, 0.717) is 10.6 Å². The van der Waals surface area contributed by atoms with Gasteiger partial charge in [-0.15, -0.1) is 0 Å². The predicted molar refractivity (Wildman–Crippen MR) is 57.8 cm³/mol. The first-order valence-electron chi connectivity index (χ1n) is 4.53. The second kappa shape index (κ2) is 3.87. The molecule has 0 aliphatic rings. The molecule has 0 heterocycles. The molecule has 0 aliphatic heterocycles. The van der Waals surface area contributed by atoms with Crippen molar-refractivity contribution >= 4 is 11.6 Å². The van der Waals surface area contributed by atoms with Crippen LogP contribution in [0.3, 0.4) is 0 Å². The van der Waals surface area contributed by atoms with Gasteiger partial charge in [-0.1, -0.05) is 32.4 Å². The Morgan fingerprint density at radius 1 is 1.36 bits per heavy atom. The Hall–Kier alpha value is -0.600. The summed E-state index contributed by atoms with van der Waals surface area (Å²) in [5.41, 5.74) is 6.53. The van der Waals surface area contributed by atoms with Crippen LogP contribution in [-0.2, 0) is 0 Å². The van der Waals surface area contributed by atoms with Gasteiger partial charge in [0.2, 0.25) is 0 Å². The Morgan fingerprint density at radius 2 is 1.93 bits per heavy atom. The van der Waals surface area contributed by atoms with E-state index in [4.69, 9.17) is 17.3 Å². The van der Waals surface area contributed by atoms with Crippen LogP contribution in [-0.4, -0.2) is 0 Å². The minimum absolute atomic E-state index is 0.128. The van der Waals surface area contributed by atoms with E-state index in [1.807, 2.05) is 20.8 Å². The second-order valence-electron chi connectivity index (χ2n) is 4.51. The molecule has 3 heteroatoms. The Kier molecular flexibility index (Phi) is 3.17. The van der Waals surface area contributed by atoms with Gasteiger partial charge in [-0.25, -0.2) is 4.39 Å². The number of benzene rings is 1. The molecule has 0 fully saturated rings. The van der Waals surface area contributed by atoms with Crippen LogP contribution in [0.2, 0.25) is 5.02 Å². The molecule has 2 N–H and O–H groups in total. The van der Waals surface area contributed by atoms with E-state index in [9.17, 15) is 4.39 Å². The van der Waals surface area contributed by atoms with E-state index >= 15 is 0 Å². The highest BCUT2D eigenvalue weighted by Gasteiger charge is 2.24. The van der Waals surface area contributed by atoms with Crippen molar-refractivity contribution in [3.8, 4) is 0 Å². The molecule has 0 saturated heterocycles. The van der Waals surface area contributed by atoms with Crippen molar-refractivity contribution in [1.82, 2.24) is 0 Å². The van der Waals surface area contributed by atoms with Crippen LogP contribution in [0.4, 0.5) is 4.39 Å². The van der Waals surface area contributed by atoms with Gasteiger partial charge in [-0.3, -0.25) is 0 Å². The summed E-state index contributed by atoms with van der Waals surface area (Å²) in [6.07, 6.45) is 0. The SMILES string of the molecule is CC(C)(C)C(N)c1cc(F)ccc1Cl. The number of halogens is 2. The highest BCUT2D eigenvalue weighted by atomic mass is 35.5. The molecule has 1 aromatic rings. The van der Waals surface area contributed by atoms with E-state index in [1.165, 1.54) is 18.2 Å². The van der Waals surface area contributed by atoms with Gasteiger partial charge in [-0.05, 0) is 29.2 Å². The van der Waals surface area contributed by atoms with Crippen molar-refractivity contribution in [2.24, 2.45) is 11.1 Å². The van der Waals surface area contributed by atoms with Gasteiger partial charge >= 0.3 is 0 Å². The lowest BCUT2D eigenvalue weighted by Gasteiger charge is -2.28. The highest BCUT2D eigenvalue weighted by Crippen LogP contribution is 2.34. The van der Waals surface area contributed by atoms with Crippen LogP contribution in [0.1, 0.15) is 32.4 Å². The Bertz CT molecular complexity index is 331. The molecule has 1 atom stereocenters. The maximum absolute atomic E-state index is 13.0. The van der Waals surface area contributed by atoms with Gasteiger partial charge in [0.15, 0.2) is 0 Å². The molecular weight excluding hydrogens is 201 g/mol. The highest BCUT2D eigenvalue weighted by molar-refractivity contribution is 6.31. The lowest BCUT2D eigenvalue weighted by Crippen LogP contribution is -2.26. The van der Waals surface area contributed by atoms with Gasteiger partial charge in [0.05, 0.1) is 0 Å². The van der Waals surface area contributed by atoms with Crippen LogP contribution >= 0.6 is 11.6 Å². The average molecular weight is 216 g/mol. The lowest BCUT2D eigenvalue weighted by molar-refractivity contribution is 0.326. The van der Waals surface area contributed by atoms with E-state index in [2.05, 4.69) is 0 Å². The van der Waals surface area contributed by atoms with E-state index in [1.54, 1.807) is 0 Å². The third-order valence-electron chi connectivity index (χ3n) is 2.23. The van der Waals surface area contributed by atoms with Crippen LogP contribution in [0.15, 0.2) is 18.2 Å². The fourth-order valence-corrected chi connectivity index (χ4v) is 1.45. The van der Waals surface area contributed by atoms with E-state index in [0.717, 1.165) is 0 Å². The maximum atomic E-state index is 13.0. The molecule has 1 unspecified atom stereocenters. The first-order valence-corrected chi connectivity index (χ1v) is 4.90. The quantitative estimate of drug-likeness (QED) is 0.762. The number of hydrogen-bond donors (Lipinski definition) is 1. The van der Waals surface area contributed by atoms with E-state index in [-0.39, 0.29) is 17.3 Å². The zero-order valence-corrected chi connectivity index (χ0v) is 9.40. The van der Waals surface area contributed by atoms with Crippen molar-refractivity contribution in [2.75, 3.05) is 0 Å². The lowest BCUT2D eigenvalue weighted by atomic mass is 9.83. The predicted octanol–water partition coefficient (Wildman–Crippen LogP) is 3.53. The molecule has 0 radical (unpaired) electrons. The fraction of sp³-hybridized carbons (Fsp3) is 0.455. The summed E-state index contributed by atoms with van der Waals surface area (Å²) in [6.45, 7) is 6.00. The number of rotatable bonds is 1. The molecule has 1 nitrogen and oxygen atoms in total. The third kappa shape index (κ3) is 2.46. The standard InChI is InChI=1S/C11H15ClFN/c1-11(2,3)10(14)8-6-7(13)4-5-9(8)12/h4-6,10H,14H2,1-3H3. The average Bonchev–Trinajstić information content (AvgIpc) is 2.06. The fourth-order valence-electron chi connectivity index (χ4n) is 1.22. The molecule has 0 aliphatic carbocycles. The zero-order valence-electron chi connectivity index (χ0n) is 8.64. The van der Waals surface area contributed by atoms with Crippen molar-refractivity contribution in [3.05, 3.63) is 34.6 Å². The summed E-state index contributed by atoms with van der Waals surface area (Å²) in [7, 11) is 0. The molecule has 0 aromatic heterocycles. The van der Waals surface area contributed by atoms with Crippen LogP contribution in [0, 0.1) is 11.2 Å². The largest absolute Gasteiger partial charge is 0.323 e. The minimum atomic E-state index is -0.302. The molecule has 0 bridgehead atoms. The molecule has 0 amide bonds. The molecule has 0 saturated carbocycles. The van der Waals surface area contributed by atoms with Crippen molar-refractivity contribution in [3.63, 3.8) is 0 Å². The molecule has 1 aromatic carbocycles. The van der Waals surface area contributed by atoms with E-state index < -0.39 is 0 Å². The first-order chi connectivity index (χ1) is 6.32. The number of hydrogen-bond acceptors (Lipinski definition) is 1. The van der Waals surface area contributed by atoms with Gasteiger partial charge in [0.1, 0.15) is 5.82 Å². The van der Waals surface area contributed by atoms with Gasteiger partial charge in [-0.2, -0.15) is 0 Å². The topological polar surface area (TPSA) is 26.0 Å². The van der Waals surface area contributed by atoms with Gasteiger partial charge in [0, 0.05) is 11.1 Å². The second-order valence-corrected chi connectivity index (χ2v) is 4.92. The maximum Gasteiger partial charge on any atom is 0.123 e. The summed E-state index contributed by atoms with van der Waals surface area (Å²) < 4.78 is 13.0. The Balaban J connectivity index is 3.12. The van der Waals surface area contributed by atoms with Crippen molar-refractivity contribution in [1.29, 1.82) is 0 Å². The van der Waals surface area contributed by atoms with Crippen LogP contribution in [0.25, 0.3) is 0 Å². The molecule has 14 heavy (non-hydrogen) atoms. The van der Waals surface area contributed by atoms with Crippen molar-refractivity contribution in [2.45, 2.75) is 26.8 Å². The van der Waals surface area contributed by atoms with Gasteiger partial charge in [0.25, 0.3) is 0 Å². The van der Waals surface area contributed by atoms with Crippen molar-refractivity contribution < 1.29 is 4.39 Å². The van der Waals surface area contributed by atoms with Crippen LogP contribution in [0.5, 0.6) is 0 Å². The molecule has 0 spiro atoms. The zero-order chi connectivity index (χ0) is 10.9. The summed E-state index contributed by atoms with van der Waals surface area (Å²) in [4.78, 5) is 0. The summed E-state index contributed by atoms with van der Waals surface area (Å²) in [6, 6.07) is 4.02. The monoisotopic (exact) mass is 215 g/mol.